The normalized spacial score (nSPS) is 11.1. The van der Waals surface area contributed by atoms with Crippen LogP contribution >= 0.6 is 0 Å². The van der Waals surface area contributed by atoms with E-state index in [1.54, 1.807) is 31.3 Å². The second-order valence-electron chi connectivity index (χ2n) is 4.55. The van der Waals surface area contributed by atoms with Gasteiger partial charge in [0.25, 0.3) is 10.0 Å². The second-order valence-corrected chi connectivity index (χ2v) is 6.20. The quantitative estimate of drug-likeness (QED) is 0.867. The van der Waals surface area contributed by atoms with Crippen LogP contribution in [0.15, 0.2) is 41.8 Å². The third kappa shape index (κ3) is 3.60. The van der Waals surface area contributed by atoms with Crippen LogP contribution in [0.3, 0.4) is 0 Å². The van der Waals surface area contributed by atoms with Gasteiger partial charge in [0, 0.05) is 20.5 Å². The monoisotopic (exact) mass is 308 g/mol. The highest BCUT2D eigenvalue weighted by Gasteiger charge is 2.17. The number of nitrogens with zero attached hydrogens (tertiary/aromatic N) is 2. The molecule has 0 aliphatic rings. The molecule has 0 unspecified atom stereocenters. The molecular weight excluding hydrogens is 292 g/mol. The van der Waals surface area contributed by atoms with Gasteiger partial charge in [0.2, 0.25) is 5.91 Å². The van der Waals surface area contributed by atoms with Crippen molar-refractivity contribution in [2.24, 2.45) is 0 Å². The Hall–Kier alpha value is -2.35. The number of aromatic amines is 1. The topological polar surface area (TPSA) is 95.2 Å². The maximum atomic E-state index is 12.2. The summed E-state index contributed by atoms with van der Waals surface area (Å²) in [5.74, 6) is -0.0961. The van der Waals surface area contributed by atoms with E-state index in [0.717, 1.165) is 0 Å². The Labute approximate surface area is 123 Å². The van der Waals surface area contributed by atoms with Crippen LogP contribution in [0.2, 0.25) is 0 Å². The molecule has 2 N–H and O–H groups in total. The van der Waals surface area contributed by atoms with Crippen molar-refractivity contribution in [3.05, 3.63) is 42.4 Å². The highest BCUT2D eigenvalue weighted by molar-refractivity contribution is 7.92. The SMILES string of the molecule is CC(=O)N(C)Cc1ccccc1NS(=O)(=O)c1cnc[nH]1. The van der Waals surface area contributed by atoms with Crippen LogP contribution in [0.25, 0.3) is 0 Å². The summed E-state index contributed by atoms with van der Waals surface area (Å²) >= 11 is 0. The Balaban J connectivity index is 2.27. The number of H-pyrrole nitrogens is 1. The van der Waals surface area contributed by atoms with E-state index in [1.807, 2.05) is 0 Å². The van der Waals surface area contributed by atoms with Gasteiger partial charge in [0.05, 0.1) is 18.2 Å². The molecule has 1 amide bonds. The number of sulfonamides is 1. The van der Waals surface area contributed by atoms with Crippen molar-refractivity contribution in [2.75, 3.05) is 11.8 Å². The molecule has 1 heterocycles. The fourth-order valence-electron chi connectivity index (χ4n) is 1.71. The van der Waals surface area contributed by atoms with Crippen LogP contribution in [0.4, 0.5) is 5.69 Å². The Bertz CT molecular complexity index is 726. The molecule has 7 nitrogen and oxygen atoms in total. The van der Waals surface area contributed by atoms with E-state index in [9.17, 15) is 13.2 Å². The summed E-state index contributed by atoms with van der Waals surface area (Å²) in [6.45, 7) is 1.77. The largest absolute Gasteiger partial charge is 0.342 e. The number of carbonyl (C=O) groups is 1. The summed E-state index contributed by atoms with van der Waals surface area (Å²) in [5.41, 5.74) is 1.14. The number of para-hydroxylation sites is 1. The van der Waals surface area contributed by atoms with Gasteiger partial charge >= 0.3 is 0 Å². The number of hydrogen-bond donors (Lipinski definition) is 2. The van der Waals surface area contributed by atoms with Gasteiger partial charge in [-0.2, -0.15) is 8.42 Å². The number of aromatic nitrogens is 2. The maximum Gasteiger partial charge on any atom is 0.278 e. The van der Waals surface area contributed by atoms with Crippen LogP contribution in [0, 0.1) is 0 Å². The fraction of sp³-hybridized carbons (Fsp3) is 0.231. The van der Waals surface area contributed by atoms with Gasteiger partial charge in [0.1, 0.15) is 0 Å². The van der Waals surface area contributed by atoms with E-state index < -0.39 is 10.0 Å². The van der Waals surface area contributed by atoms with Crippen molar-refractivity contribution in [1.82, 2.24) is 14.9 Å². The van der Waals surface area contributed by atoms with E-state index in [1.165, 1.54) is 24.3 Å². The second kappa shape index (κ2) is 5.96. The molecule has 0 aliphatic carbocycles. The van der Waals surface area contributed by atoms with Gasteiger partial charge in [-0.3, -0.25) is 9.52 Å². The van der Waals surface area contributed by atoms with Crippen molar-refractivity contribution in [1.29, 1.82) is 0 Å². The number of imidazole rings is 1. The number of anilines is 1. The van der Waals surface area contributed by atoms with Crippen LogP contribution < -0.4 is 4.72 Å². The van der Waals surface area contributed by atoms with E-state index in [-0.39, 0.29) is 10.9 Å². The summed E-state index contributed by atoms with van der Waals surface area (Å²) in [5, 5.41) is -0.0165. The van der Waals surface area contributed by atoms with Crippen molar-refractivity contribution >= 4 is 21.6 Å². The lowest BCUT2D eigenvalue weighted by Gasteiger charge is -2.18. The first kappa shape index (κ1) is 15.0. The zero-order valence-electron chi connectivity index (χ0n) is 11.7. The summed E-state index contributed by atoms with van der Waals surface area (Å²) in [4.78, 5) is 19.1. The average Bonchev–Trinajstić information content (AvgIpc) is 2.95. The van der Waals surface area contributed by atoms with Gasteiger partial charge in [-0.25, -0.2) is 4.98 Å². The minimum Gasteiger partial charge on any atom is -0.342 e. The first-order valence-corrected chi connectivity index (χ1v) is 7.69. The Morgan fingerprint density at radius 2 is 2.10 bits per heavy atom. The fourth-order valence-corrected chi connectivity index (χ4v) is 2.72. The number of carbonyl (C=O) groups excluding carboxylic acids is 1. The molecule has 8 heteroatoms. The van der Waals surface area contributed by atoms with E-state index >= 15 is 0 Å². The Kier molecular flexibility index (Phi) is 4.27. The van der Waals surface area contributed by atoms with Gasteiger partial charge < -0.3 is 9.88 Å². The van der Waals surface area contributed by atoms with Crippen LogP contribution in [-0.4, -0.2) is 36.2 Å². The first-order valence-electron chi connectivity index (χ1n) is 6.21. The highest BCUT2D eigenvalue weighted by atomic mass is 32.2. The van der Waals surface area contributed by atoms with Crippen molar-refractivity contribution in [3.63, 3.8) is 0 Å². The standard InChI is InChI=1S/C13H16N4O3S/c1-10(18)17(2)8-11-5-3-4-6-12(11)16-21(19,20)13-7-14-9-15-13/h3-7,9,16H,8H2,1-2H3,(H,14,15). The van der Waals surface area contributed by atoms with Crippen molar-refractivity contribution < 1.29 is 13.2 Å². The lowest BCUT2D eigenvalue weighted by molar-refractivity contribution is -0.128. The number of nitrogens with one attached hydrogen (secondary N) is 2. The molecule has 0 spiro atoms. The number of benzene rings is 1. The molecule has 1 aromatic carbocycles. The lowest BCUT2D eigenvalue weighted by atomic mass is 10.2. The number of rotatable bonds is 5. The Morgan fingerprint density at radius 3 is 2.71 bits per heavy atom. The maximum absolute atomic E-state index is 12.2. The van der Waals surface area contributed by atoms with E-state index in [2.05, 4.69) is 14.7 Å². The van der Waals surface area contributed by atoms with Crippen LogP contribution in [0.5, 0.6) is 0 Å². The molecule has 112 valence electrons. The lowest BCUT2D eigenvalue weighted by Crippen LogP contribution is -2.24. The zero-order chi connectivity index (χ0) is 15.5. The molecule has 0 aliphatic heterocycles. The molecule has 0 saturated heterocycles. The van der Waals surface area contributed by atoms with E-state index in [4.69, 9.17) is 0 Å². The molecule has 1 aromatic heterocycles. The molecule has 0 radical (unpaired) electrons. The third-order valence-corrected chi connectivity index (χ3v) is 4.26. The zero-order valence-corrected chi connectivity index (χ0v) is 12.5. The molecule has 0 bridgehead atoms. The molecular formula is C13H16N4O3S. The average molecular weight is 308 g/mol. The van der Waals surface area contributed by atoms with E-state index in [0.29, 0.717) is 17.8 Å². The highest BCUT2D eigenvalue weighted by Crippen LogP contribution is 2.20. The minimum absolute atomic E-state index is 0.0165. The van der Waals surface area contributed by atoms with Gasteiger partial charge in [-0.15, -0.1) is 0 Å². The first-order chi connectivity index (χ1) is 9.90. The molecule has 0 fully saturated rings. The predicted molar refractivity (Wildman–Crippen MR) is 78.0 cm³/mol. The predicted octanol–water partition coefficient (Wildman–Crippen LogP) is 1.19. The van der Waals surface area contributed by atoms with Gasteiger partial charge in [0.15, 0.2) is 5.03 Å². The third-order valence-electron chi connectivity index (χ3n) is 2.97. The van der Waals surface area contributed by atoms with Crippen molar-refractivity contribution in [2.45, 2.75) is 18.5 Å². The minimum atomic E-state index is -3.72. The summed E-state index contributed by atoms with van der Waals surface area (Å²) < 4.78 is 26.8. The van der Waals surface area contributed by atoms with Gasteiger partial charge in [-0.1, -0.05) is 18.2 Å². The molecule has 2 aromatic rings. The summed E-state index contributed by atoms with van der Waals surface area (Å²) in [6, 6.07) is 6.93. The van der Waals surface area contributed by atoms with Crippen LogP contribution in [0.1, 0.15) is 12.5 Å². The van der Waals surface area contributed by atoms with Crippen LogP contribution in [-0.2, 0) is 21.4 Å². The molecule has 0 atom stereocenters. The smallest absolute Gasteiger partial charge is 0.278 e. The number of hydrogen-bond acceptors (Lipinski definition) is 4. The molecule has 0 saturated carbocycles. The molecule has 2 rings (SSSR count). The Morgan fingerprint density at radius 1 is 1.38 bits per heavy atom. The number of amides is 1. The van der Waals surface area contributed by atoms with Crippen molar-refractivity contribution in [3.8, 4) is 0 Å². The molecule has 21 heavy (non-hydrogen) atoms. The summed E-state index contributed by atoms with van der Waals surface area (Å²) in [6.07, 6.45) is 2.52. The summed E-state index contributed by atoms with van der Waals surface area (Å²) in [7, 11) is -2.06. The van der Waals surface area contributed by atoms with Gasteiger partial charge in [-0.05, 0) is 11.6 Å².